The summed E-state index contributed by atoms with van der Waals surface area (Å²) >= 11 is 2.97. The van der Waals surface area contributed by atoms with Crippen LogP contribution in [0.3, 0.4) is 0 Å². The van der Waals surface area contributed by atoms with Gasteiger partial charge in [-0.25, -0.2) is 4.34 Å². The maximum absolute atomic E-state index is 10.9. The zero-order valence-corrected chi connectivity index (χ0v) is 11.0. The summed E-state index contributed by atoms with van der Waals surface area (Å²) in [4.78, 5) is 10.9. The van der Waals surface area contributed by atoms with Crippen LogP contribution in [0.5, 0.6) is 5.75 Å². The number of phenols is 1. The van der Waals surface area contributed by atoms with E-state index in [0.717, 1.165) is 16.3 Å². The third kappa shape index (κ3) is 2.80. The third-order valence-corrected chi connectivity index (χ3v) is 3.31. The van der Waals surface area contributed by atoms with Crippen molar-refractivity contribution in [1.82, 2.24) is 4.34 Å². The molecule has 5 heteroatoms. The number of nitrogens with one attached hydrogen (secondary N) is 1. The molecule has 0 saturated heterocycles. The monoisotopic (exact) mass is 309 g/mol. The molecule has 0 amide bonds. The summed E-state index contributed by atoms with van der Waals surface area (Å²) in [6.45, 7) is 0. The Morgan fingerprint density at radius 1 is 1.22 bits per heavy atom. The quantitative estimate of drug-likeness (QED) is 0.759. The second-order valence-corrected chi connectivity index (χ2v) is 4.53. The molecule has 0 saturated carbocycles. The number of benzene rings is 2. The molecule has 0 unspecified atom stereocenters. The van der Waals surface area contributed by atoms with Gasteiger partial charge in [-0.2, -0.15) is 0 Å². The summed E-state index contributed by atoms with van der Waals surface area (Å²) in [5.41, 5.74) is 0.924. The number of hydrogen-bond acceptors (Lipinski definition) is 3. The van der Waals surface area contributed by atoms with Crippen molar-refractivity contribution in [2.45, 2.75) is 12.5 Å². The normalized spacial score (nSPS) is 12.5. The highest BCUT2D eigenvalue weighted by Crippen LogP contribution is 2.21. The molecule has 2 aromatic carbocycles. The van der Waals surface area contributed by atoms with Gasteiger partial charge >= 0.3 is 5.97 Å². The molecule has 0 aliphatic heterocycles. The van der Waals surface area contributed by atoms with Crippen LogP contribution < -0.4 is 4.34 Å². The lowest BCUT2D eigenvalue weighted by Gasteiger charge is -2.10. The van der Waals surface area contributed by atoms with Crippen molar-refractivity contribution >= 4 is 32.9 Å². The fourth-order valence-corrected chi connectivity index (χ4v) is 2.18. The van der Waals surface area contributed by atoms with Crippen LogP contribution in [0, 0.1) is 0 Å². The number of carboxylic acids is 1. The first-order valence-electron chi connectivity index (χ1n) is 5.41. The molecule has 2 rings (SSSR count). The second kappa shape index (κ2) is 5.37. The zero-order valence-electron chi connectivity index (χ0n) is 9.43. The summed E-state index contributed by atoms with van der Waals surface area (Å²) in [6.07, 6.45) is 0.386. The predicted molar refractivity (Wildman–Crippen MR) is 72.8 cm³/mol. The topological polar surface area (TPSA) is 69.6 Å². The lowest BCUT2D eigenvalue weighted by atomic mass is 10.0. The van der Waals surface area contributed by atoms with Gasteiger partial charge in [0.1, 0.15) is 11.8 Å². The highest BCUT2D eigenvalue weighted by Gasteiger charge is 2.16. The van der Waals surface area contributed by atoms with Gasteiger partial charge in [0.2, 0.25) is 0 Å². The third-order valence-electron chi connectivity index (χ3n) is 2.76. The largest absolute Gasteiger partial charge is 0.508 e. The lowest BCUT2D eigenvalue weighted by Crippen LogP contribution is -2.32. The maximum atomic E-state index is 10.9. The number of fused-ring (bicyclic) bond motifs is 1. The van der Waals surface area contributed by atoms with Crippen molar-refractivity contribution < 1.29 is 15.0 Å². The summed E-state index contributed by atoms with van der Waals surface area (Å²) in [6, 6.07) is 10.1. The summed E-state index contributed by atoms with van der Waals surface area (Å²) in [5, 5.41) is 20.2. The fourth-order valence-electron chi connectivity index (χ4n) is 1.82. The molecule has 0 aromatic heterocycles. The standard InChI is InChI=1S/C13H12BrNO3/c14-15-12(13(17)18)6-8-1-2-10-7-11(16)4-3-9(10)5-8/h1-5,7,12,15-16H,6H2,(H,17,18)/t12-/m0/s1. The average molecular weight is 310 g/mol. The Bertz CT molecular complexity index is 585. The van der Waals surface area contributed by atoms with E-state index in [0.29, 0.717) is 6.42 Å². The number of carbonyl (C=O) groups is 1. The molecule has 0 aliphatic carbocycles. The molecule has 0 heterocycles. The van der Waals surface area contributed by atoms with Gasteiger partial charge in [-0.05, 0) is 34.9 Å². The van der Waals surface area contributed by atoms with E-state index in [4.69, 9.17) is 5.11 Å². The first-order chi connectivity index (χ1) is 8.60. The molecule has 0 fully saturated rings. The predicted octanol–water partition coefficient (Wildman–Crippen LogP) is 2.44. The number of halogens is 1. The van der Waals surface area contributed by atoms with Crippen molar-refractivity contribution in [1.29, 1.82) is 0 Å². The molecule has 3 N–H and O–H groups in total. The summed E-state index contributed by atoms with van der Waals surface area (Å²) in [5.74, 6) is -0.682. The summed E-state index contributed by atoms with van der Waals surface area (Å²) in [7, 11) is 0. The molecular weight excluding hydrogens is 298 g/mol. The molecule has 2 aromatic rings. The number of rotatable bonds is 4. The molecule has 94 valence electrons. The van der Waals surface area contributed by atoms with E-state index in [1.807, 2.05) is 24.3 Å². The molecule has 1 atom stereocenters. The highest BCUT2D eigenvalue weighted by atomic mass is 79.9. The van der Waals surface area contributed by atoms with Crippen LogP contribution in [-0.2, 0) is 11.2 Å². The number of aromatic hydroxyl groups is 1. The summed E-state index contributed by atoms with van der Waals surface area (Å²) < 4.78 is 2.58. The SMILES string of the molecule is O=C(O)[C@H](Cc1ccc2cc(O)ccc2c1)NBr. The Morgan fingerprint density at radius 3 is 2.56 bits per heavy atom. The van der Waals surface area contributed by atoms with Crippen molar-refractivity contribution in [2.75, 3.05) is 0 Å². The molecule has 0 aliphatic rings. The fraction of sp³-hybridized carbons (Fsp3) is 0.154. The van der Waals surface area contributed by atoms with Crippen LogP contribution in [0.25, 0.3) is 10.8 Å². The molecule has 18 heavy (non-hydrogen) atoms. The maximum Gasteiger partial charge on any atom is 0.321 e. The van der Waals surface area contributed by atoms with E-state index in [9.17, 15) is 9.90 Å². The Kier molecular flexibility index (Phi) is 3.84. The lowest BCUT2D eigenvalue weighted by molar-refractivity contribution is -0.138. The molecular formula is C13H12BrNO3. The molecule has 0 bridgehead atoms. The van der Waals surface area contributed by atoms with Crippen molar-refractivity contribution in [3.8, 4) is 5.75 Å². The minimum Gasteiger partial charge on any atom is -0.508 e. The molecule has 0 spiro atoms. The number of carboxylic acid groups (broad SMARTS) is 1. The van der Waals surface area contributed by atoms with Gasteiger partial charge in [-0.1, -0.05) is 24.3 Å². The van der Waals surface area contributed by atoms with E-state index < -0.39 is 12.0 Å². The number of phenolic OH excluding ortho intramolecular Hbond substituents is 1. The minimum absolute atomic E-state index is 0.223. The van der Waals surface area contributed by atoms with Crippen LogP contribution in [0.1, 0.15) is 5.56 Å². The van der Waals surface area contributed by atoms with Crippen molar-refractivity contribution in [2.24, 2.45) is 0 Å². The van der Waals surface area contributed by atoms with Gasteiger partial charge in [-0.3, -0.25) is 4.79 Å². The Morgan fingerprint density at radius 2 is 1.89 bits per heavy atom. The van der Waals surface area contributed by atoms with Gasteiger partial charge in [0.05, 0.1) is 0 Å². The van der Waals surface area contributed by atoms with E-state index in [-0.39, 0.29) is 5.75 Å². The van der Waals surface area contributed by atoms with Gasteiger partial charge in [0.25, 0.3) is 0 Å². The first-order valence-corrected chi connectivity index (χ1v) is 6.20. The van der Waals surface area contributed by atoms with E-state index >= 15 is 0 Å². The number of hydrogen-bond donors (Lipinski definition) is 3. The Hall–Kier alpha value is -1.59. The van der Waals surface area contributed by atoms with Crippen molar-refractivity contribution in [3.05, 3.63) is 42.0 Å². The van der Waals surface area contributed by atoms with E-state index in [1.54, 1.807) is 12.1 Å². The Balaban J connectivity index is 2.30. The van der Waals surface area contributed by atoms with Crippen LogP contribution in [0.2, 0.25) is 0 Å². The molecule has 0 radical (unpaired) electrons. The van der Waals surface area contributed by atoms with E-state index in [2.05, 4.69) is 20.5 Å². The first kappa shape index (κ1) is 12.9. The van der Waals surface area contributed by atoms with Crippen LogP contribution >= 0.6 is 16.1 Å². The number of aliphatic carboxylic acids is 1. The Labute approximate surface area is 113 Å². The van der Waals surface area contributed by atoms with Gasteiger partial charge < -0.3 is 10.2 Å². The smallest absolute Gasteiger partial charge is 0.321 e. The van der Waals surface area contributed by atoms with Gasteiger partial charge in [-0.15, -0.1) is 0 Å². The average Bonchev–Trinajstić information content (AvgIpc) is 2.35. The van der Waals surface area contributed by atoms with E-state index in [1.165, 1.54) is 0 Å². The second-order valence-electron chi connectivity index (χ2n) is 4.07. The zero-order chi connectivity index (χ0) is 13.1. The molecule has 4 nitrogen and oxygen atoms in total. The van der Waals surface area contributed by atoms with Crippen LogP contribution in [0.15, 0.2) is 36.4 Å². The van der Waals surface area contributed by atoms with Crippen LogP contribution in [0.4, 0.5) is 0 Å². The van der Waals surface area contributed by atoms with Gasteiger partial charge in [0, 0.05) is 16.1 Å². The van der Waals surface area contributed by atoms with Crippen molar-refractivity contribution in [3.63, 3.8) is 0 Å². The van der Waals surface area contributed by atoms with Gasteiger partial charge in [0.15, 0.2) is 0 Å². The minimum atomic E-state index is -0.905. The van der Waals surface area contributed by atoms with Crippen LogP contribution in [-0.4, -0.2) is 22.2 Å². The highest BCUT2D eigenvalue weighted by molar-refractivity contribution is 9.08.